The Morgan fingerprint density at radius 1 is 1.35 bits per heavy atom. The molecule has 0 aliphatic carbocycles. The van der Waals surface area contributed by atoms with Gasteiger partial charge in [0.2, 0.25) is 0 Å². The molecule has 0 aromatic heterocycles. The number of hydrogen-bond acceptors (Lipinski definition) is 4. The average molecular weight is 333 g/mol. The normalized spacial score (nSPS) is 17.8. The topological polar surface area (TPSA) is 74.7 Å². The van der Waals surface area contributed by atoms with Gasteiger partial charge in [0.15, 0.2) is 5.78 Å². The van der Waals surface area contributed by atoms with Gasteiger partial charge in [-0.15, -0.1) is 11.8 Å². The Kier molecular flexibility index (Phi) is 5.26. The number of amides is 1. The average Bonchev–Trinajstić information content (AvgIpc) is 2.77. The number of benzene rings is 1. The number of carbonyl (C=O) groups is 3. The van der Waals surface area contributed by atoms with Gasteiger partial charge in [-0.25, -0.2) is 0 Å². The van der Waals surface area contributed by atoms with Crippen LogP contribution in [0, 0.1) is 6.92 Å². The molecular formula is C17H19NO4S. The summed E-state index contributed by atoms with van der Waals surface area (Å²) in [6.07, 6.45) is 1.38. The summed E-state index contributed by atoms with van der Waals surface area (Å²) in [5, 5.41) is 8.67. The SMILES string of the molecule is CCN1C(=O)C(CC(=O)O)=C(C(=O)c2cccc(C)c2)[C@@H]1SC. The summed E-state index contributed by atoms with van der Waals surface area (Å²) in [5.41, 5.74) is 1.82. The highest BCUT2D eigenvalue weighted by Crippen LogP contribution is 2.35. The van der Waals surface area contributed by atoms with E-state index in [1.54, 1.807) is 23.1 Å². The molecule has 0 spiro atoms. The second-order valence-electron chi connectivity index (χ2n) is 5.34. The molecule has 0 radical (unpaired) electrons. The van der Waals surface area contributed by atoms with Gasteiger partial charge in [-0.2, -0.15) is 0 Å². The Morgan fingerprint density at radius 3 is 2.57 bits per heavy atom. The first-order chi connectivity index (χ1) is 10.9. The van der Waals surface area contributed by atoms with Gasteiger partial charge in [-0.3, -0.25) is 14.4 Å². The Morgan fingerprint density at radius 2 is 2.04 bits per heavy atom. The number of carbonyl (C=O) groups excluding carboxylic acids is 2. The highest BCUT2D eigenvalue weighted by molar-refractivity contribution is 7.99. The Balaban J connectivity index is 2.55. The van der Waals surface area contributed by atoms with Gasteiger partial charge in [0.1, 0.15) is 5.37 Å². The Hall–Kier alpha value is -2.08. The first-order valence-electron chi connectivity index (χ1n) is 7.30. The molecule has 1 atom stereocenters. The largest absolute Gasteiger partial charge is 0.481 e. The van der Waals surface area contributed by atoms with Crippen molar-refractivity contribution in [3.63, 3.8) is 0 Å². The van der Waals surface area contributed by atoms with Crippen LogP contribution in [0.15, 0.2) is 35.4 Å². The van der Waals surface area contributed by atoms with E-state index in [1.807, 2.05) is 26.2 Å². The maximum absolute atomic E-state index is 12.9. The van der Waals surface area contributed by atoms with Crippen LogP contribution in [0.1, 0.15) is 29.3 Å². The molecular weight excluding hydrogens is 314 g/mol. The van der Waals surface area contributed by atoms with E-state index in [2.05, 4.69) is 0 Å². The number of likely N-dealkylation sites (N-methyl/N-ethyl adjacent to an activating group) is 1. The molecule has 0 unspecified atom stereocenters. The monoisotopic (exact) mass is 333 g/mol. The van der Waals surface area contributed by atoms with Crippen LogP contribution >= 0.6 is 11.8 Å². The molecule has 1 aromatic rings. The predicted octanol–water partition coefficient (Wildman–Crippen LogP) is 2.50. The van der Waals surface area contributed by atoms with Crippen LogP contribution in [-0.2, 0) is 9.59 Å². The van der Waals surface area contributed by atoms with Gasteiger partial charge in [0.25, 0.3) is 5.91 Å². The van der Waals surface area contributed by atoms with Crippen LogP contribution in [0.2, 0.25) is 0 Å². The summed E-state index contributed by atoms with van der Waals surface area (Å²) in [6.45, 7) is 4.13. The van der Waals surface area contributed by atoms with Gasteiger partial charge in [0.05, 0.1) is 6.42 Å². The molecule has 6 heteroatoms. The van der Waals surface area contributed by atoms with Crippen molar-refractivity contribution in [1.29, 1.82) is 0 Å². The molecule has 5 nitrogen and oxygen atoms in total. The van der Waals surface area contributed by atoms with Crippen LogP contribution in [-0.4, -0.2) is 45.8 Å². The fraction of sp³-hybridized carbons (Fsp3) is 0.353. The lowest BCUT2D eigenvalue weighted by atomic mass is 9.97. The van der Waals surface area contributed by atoms with Crippen molar-refractivity contribution < 1.29 is 19.5 Å². The third-order valence-corrected chi connectivity index (χ3v) is 4.73. The van der Waals surface area contributed by atoms with Gasteiger partial charge in [0, 0.05) is 23.3 Å². The number of ketones is 1. The summed E-state index contributed by atoms with van der Waals surface area (Å²) in [7, 11) is 0. The molecule has 1 aromatic carbocycles. The molecule has 1 aliphatic heterocycles. The van der Waals surface area contributed by atoms with Gasteiger partial charge < -0.3 is 10.0 Å². The number of aliphatic carboxylic acids is 1. The van der Waals surface area contributed by atoms with E-state index in [1.165, 1.54) is 11.8 Å². The van der Waals surface area contributed by atoms with Crippen LogP contribution in [0.3, 0.4) is 0 Å². The lowest BCUT2D eigenvalue weighted by Gasteiger charge is -2.23. The lowest BCUT2D eigenvalue weighted by Crippen LogP contribution is -2.34. The number of carboxylic acids is 1. The maximum Gasteiger partial charge on any atom is 0.308 e. The molecule has 0 saturated heterocycles. The van der Waals surface area contributed by atoms with Gasteiger partial charge >= 0.3 is 5.97 Å². The van der Waals surface area contributed by atoms with E-state index in [-0.39, 0.29) is 17.3 Å². The second-order valence-corrected chi connectivity index (χ2v) is 6.26. The van der Waals surface area contributed by atoms with Crippen molar-refractivity contribution in [1.82, 2.24) is 4.90 Å². The molecule has 0 saturated carbocycles. The van der Waals surface area contributed by atoms with E-state index < -0.39 is 17.8 Å². The van der Waals surface area contributed by atoms with Crippen LogP contribution < -0.4 is 0 Å². The molecule has 1 N–H and O–H groups in total. The molecule has 1 heterocycles. The number of Topliss-reactive ketones (excluding diaryl/α,β-unsaturated/α-hetero) is 1. The molecule has 23 heavy (non-hydrogen) atoms. The number of nitrogens with zero attached hydrogens (tertiary/aromatic N) is 1. The van der Waals surface area contributed by atoms with Crippen molar-refractivity contribution in [3.8, 4) is 0 Å². The number of thioether (sulfide) groups is 1. The zero-order valence-corrected chi connectivity index (χ0v) is 14.1. The highest BCUT2D eigenvalue weighted by atomic mass is 32.2. The van der Waals surface area contributed by atoms with E-state index >= 15 is 0 Å². The van der Waals surface area contributed by atoms with Crippen LogP contribution in [0.25, 0.3) is 0 Å². The van der Waals surface area contributed by atoms with E-state index in [0.717, 1.165) is 5.56 Å². The fourth-order valence-corrected chi connectivity index (χ4v) is 3.75. The van der Waals surface area contributed by atoms with Crippen molar-refractivity contribution >= 4 is 29.4 Å². The molecule has 0 bridgehead atoms. The molecule has 1 amide bonds. The first-order valence-corrected chi connectivity index (χ1v) is 8.59. The van der Waals surface area contributed by atoms with Crippen molar-refractivity contribution in [2.45, 2.75) is 25.6 Å². The molecule has 122 valence electrons. The number of carboxylic acid groups (broad SMARTS) is 1. The summed E-state index contributed by atoms with van der Waals surface area (Å²) < 4.78 is 0. The van der Waals surface area contributed by atoms with Crippen molar-refractivity contribution in [3.05, 3.63) is 46.5 Å². The number of hydrogen-bond donors (Lipinski definition) is 1. The maximum atomic E-state index is 12.9. The minimum atomic E-state index is -1.11. The Labute approximate surface area is 139 Å². The zero-order valence-electron chi connectivity index (χ0n) is 13.3. The van der Waals surface area contributed by atoms with Crippen LogP contribution in [0.4, 0.5) is 0 Å². The van der Waals surface area contributed by atoms with E-state index in [9.17, 15) is 14.4 Å². The number of aryl methyl sites for hydroxylation is 1. The number of rotatable bonds is 6. The summed E-state index contributed by atoms with van der Waals surface area (Å²) in [4.78, 5) is 38.1. The first kappa shape index (κ1) is 17.3. The zero-order chi connectivity index (χ0) is 17.1. The van der Waals surface area contributed by atoms with Gasteiger partial charge in [-0.05, 0) is 26.2 Å². The third-order valence-electron chi connectivity index (χ3n) is 3.79. The summed E-state index contributed by atoms with van der Waals surface area (Å²) in [6, 6.07) is 7.11. The quantitative estimate of drug-likeness (QED) is 0.810. The third kappa shape index (κ3) is 3.32. The molecule has 1 aliphatic rings. The minimum Gasteiger partial charge on any atom is -0.481 e. The molecule has 0 fully saturated rings. The van der Waals surface area contributed by atoms with Crippen LogP contribution in [0.5, 0.6) is 0 Å². The second kappa shape index (κ2) is 7.00. The lowest BCUT2D eigenvalue weighted by molar-refractivity contribution is -0.137. The highest BCUT2D eigenvalue weighted by Gasteiger charge is 2.41. The standard InChI is InChI=1S/C17H19NO4S/c1-4-18-16(22)12(9-13(19)20)14(17(18)23-3)15(21)11-7-5-6-10(2)8-11/h5-8,17H,4,9H2,1-3H3,(H,19,20)/t17-/m0/s1. The Bertz CT molecular complexity index is 696. The van der Waals surface area contributed by atoms with Gasteiger partial charge in [-0.1, -0.05) is 23.8 Å². The van der Waals surface area contributed by atoms with E-state index in [0.29, 0.717) is 17.7 Å². The molecule has 2 rings (SSSR count). The van der Waals surface area contributed by atoms with E-state index in [4.69, 9.17) is 5.11 Å². The van der Waals surface area contributed by atoms with Crippen molar-refractivity contribution in [2.75, 3.05) is 12.8 Å². The fourth-order valence-electron chi connectivity index (χ4n) is 2.77. The van der Waals surface area contributed by atoms with Crippen molar-refractivity contribution in [2.24, 2.45) is 0 Å². The minimum absolute atomic E-state index is 0.102. The smallest absolute Gasteiger partial charge is 0.308 e. The summed E-state index contributed by atoms with van der Waals surface area (Å²) >= 11 is 1.37. The summed E-state index contributed by atoms with van der Waals surface area (Å²) in [5.74, 6) is -1.74. The predicted molar refractivity (Wildman–Crippen MR) is 89.5 cm³/mol.